The molecule has 2 aromatic rings. The number of hydrogen-bond acceptors (Lipinski definition) is 5. The highest BCUT2D eigenvalue weighted by Gasteiger charge is 2.11. The normalized spacial score (nSPS) is 12.4. The summed E-state index contributed by atoms with van der Waals surface area (Å²) >= 11 is 1.53. The first-order valence-corrected chi connectivity index (χ1v) is 5.38. The number of pyridine rings is 1. The fourth-order valence-corrected chi connectivity index (χ4v) is 1.85. The second kappa shape index (κ2) is 4.37. The van der Waals surface area contributed by atoms with Crippen LogP contribution in [0.2, 0.25) is 0 Å². The Kier molecular flexibility index (Phi) is 2.94. The second-order valence-electron chi connectivity index (χ2n) is 3.05. The molecule has 0 aliphatic rings. The molecule has 1 unspecified atom stereocenters. The van der Waals surface area contributed by atoms with Crippen molar-refractivity contribution in [1.82, 2.24) is 9.97 Å². The monoisotopic (exact) mass is 221 g/mol. The third kappa shape index (κ3) is 2.14. The molecule has 0 bridgehead atoms. The molecule has 0 spiro atoms. The van der Waals surface area contributed by atoms with Crippen LogP contribution in [0.4, 0.5) is 0 Å². The Bertz CT molecular complexity index is 430. The van der Waals surface area contributed by atoms with Gasteiger partial charge in [-0.05, 0) is 11.6 Å². The van der Waals surface area contributed by atoms with Gasteiger partial charge in [-0.2, -0.15) is 0 Å². The SMILES string of the molecule is COc1cncc(C(N)c2cscn2)c1. The third-order valence-electron chi connectivity index (χ3n) is 2.10. The second-order valence-corrected chi connectivity index (χ2v) is 3.77. The molecule has 2 N–H and O–H groups in total. The van der Waals surface area contributed by atoms with Gasteiger partial charge in [-0.15, -0.1) is 11.3 Å². The molecular formula is C10H11N3OS. The molecule has 0 aliphatic heterocycles. The molecule has 0 aromatic carbocycles. The molecule has 0 radical (unpaired) electrons. The van der Waals surface area contributed by atoms with Gasteiger partial charge in [0.1, 0.15) is 5.75 Å². The molecule has 15 heavy (non-hydrogen) atoms. The van der Waals surface area contributed by atoms with Crippen molar-refractivity contribution < 1.29 is 4.74 Å². The van der Waals surface area contributed by atoms with Crippen molar-refractivity contribution in [2.75, 3.05) is 7.11 Å². The van der Waals surface area contributed by atoms with Gasteiger partial charge in [0.2, 0.25) is 0 Å². The summed E-state index contributed by atoms with van der Waals surface area (Å²) in [6.07, 6.45) is 3.38. The number of nitrogens with zero attached hydrogens (tertiary/aromatic N) is 2. The first-order valence-electron chi connectivity index (χ1n) is 4.44. The number of rotatable bonds is 3. The highest BCUT2D eigenvalue weighted by molar-refractivity contribution is 7.07. The molecule has 0 fully saturated rings. The lowest BCUT2D eigenvalue weighted by atomic mass is 10.1. The lowest BCUT2D eigenvalue weighted by molar-refractivity contribution is 0.412. The summed E-state index contributed by atoms with van der Waals surface area (Å²) in [6.45, 7) is 0. The summed E-state index contributed by atoms with van der Waals surface area (Å²) < 4.78 is 5.09. The van der Waals surface area contributed by atoms with E-state index in [-0.39, 0.29) is 6.04 Å². The predicted molar refractivity (Wildman–Crippen MR) is 58.9 cm³/mol. The largest absolute Gasteiger partial charge is 0.495 e. The minimum absolute atomic E-state index is 0.237. The Morgan fingerprint density at radius 1 is 1.47 bits per heavy atom. The average Bonchev–Trinajstić information content (AvgIpc) is 2.81. The molecule has 1 atom stereocenters. The fraction of sp³-hybridized carbons (Fsp3) is 0.200. The Morgan fingerprint density at radius 3 is 3.00 bits per heavy atom. The molecule has 2 aromatic heterocycles. The number of methoxy groups -OCH3 is 1. The summed E-state index contributed by atoms with van der Waals surface area (Å²) in [6, 6.07) is 1.63. The lowest BCUT2D eigenvalue weighted by Gasteiger charge is -2.09. The van der Waals surface area contributed by atoms with Gasteiger partial charge in [0, 0.05) is 11.6 Å². The highest BCUT2D eigenvalue weighted by atomic mass is 32.1. The van der Waals surface area contributed by atoms with Crippen molar-refractivity contribution in [1.29, 1.82) is 0 Å². The van der Waals surface area contributed by atoms with E-state index in [0.29, 0.717) is 5.75 Å². The van der Waals surface area contributed by atoms with E-state index in [4.69, 9.17) is 10.5 Å². The Labute approximate surface area is 91.8 Å². The molecule has 4 nitrogen and oxygen atoms in total. The van der Waals surface area contributed by atoms with Crippen LogP contribution in [0.5, 0.6) is 5.75 Å². The molecule has 0 aliphatic carbocycles. The first-order chi connectivity index (χ1) is 7.31. The Hall–Kier alpha value is -1.46. The van der Waals surface area contributed by atoms with E-state index in [2.05, 4.69) is 9.97 Å². The van der Waals surface area contributed by atoms with E-state index in [1.807, 2.05) is 11.4 Å². The number of ether oxygens (including phenoxy) is 1. The van der Waals surface area contributed by atoms with Crippen molar-refractivity contribution in [3.63, 3.8) is 0 Å². The Balaban J connectivity index is 2.29. The van der Waals surface area contributed by atoms with Crippen molar-refractivity contribution in [2.24, 2.45) is 5.73 Å². The van der Waals surface area contributed by atoms with Gasteiger partial charge in [0.15, 0.2) is 0 Å². The minimum Gasteiger partial charge on any atom is -0.495 e. The van der Waals surface area contributed by atoms with Crippen LogP contribution in [-0.2, 0) is 0 Å². The van der Waals surface area contributed by atoms with Crippen LogP contribution < -0.4 is 10.5 Å². The van der Waals surface area contributed by atoms with Crippen LogP contribution in [-0.4, -0.2) is 17.1 Å². The maximum Gasteiger partial charge on any atom is 0.137 e. The van der Waals surface area contributed by atoms with Gasteiger partial charge in [-0.25, -0.2) is 4.98 Å². The zero-order chi connectivity index (χ0) is 10.7. The summed E-state index contributed by atoms with van der Waals surface area (Å²) in [5.41, 5.74) is 9.56. The van der Waals surface area contributed by atoms with E-state index in [1.54, 1.807) is 25.0 Å². The lowest BCUT2D eigenvalue weighted by Crippen LogP contribution is -2.12. The predicted octanol–water partition coefficient (Wildman–Crippen LogP) is 1.59. The van der Waals surface area contributed by atoms with Gasteiger partial charge in [0.25, 0.3) is 0 Å². The summed E-state index contributed by atoms with van der Waals surface area (Å²) in [7, 11) is 1.61. The molecule has 0 saturated heterocycles. The maximum absolute atomic E-state index is 6.03. The summed E-state index contributed by atoms with van der Waals surface area (Å²) in [5, 5.41) is 1.93. The van der Waals surface area contributed by atoms with Crippen molar-refractivity contribution in [3.8, 4) is 5.75 Å². The van der Waals surface area contributed by atoms with Gasteiger partial charge in [-0.3, -0.25) is 4.98 Å². The van der Waals surface area contributed by atoms with E-state index in [0.717, 1.165) is 11.3 Å². The van der Waals surface area contributed by atoms with Crippen LogP contribution in [0.1, 0.15) is 17.3 Å². The minimum atomic E-state index is -0.237. The van der Waals surface area contributed by atoms with Crippen LogP contribution in [0.15, 0.2) is 29.4 Å². The van der Waals surface area contributed by atoms with Gasteiger partial charge in [-0.1, -0.05) is 0 Å². The van der Waals surface area contributed by atoms with Crippen LogP contribution in [0, 0.1) is 0 Å². The molecule has 5 heteroatoms. The number of thiazole rings is 1. The number of nitrogens with two attached hydrogens (primary N) is 1. The molecule has 0 amide bonds. The topological polar surface area (TPSA) is 61.0 Å². The smallest absolute Gasteiger partial charge is 0.137 e. The van der Waals surface area contributed by atoms with Gasteiger partial charge in [0.05, 0.1) is 30.6 Å². The quantitative estimate of drug-likeness (QED) is 0.855. The molecule has 78 valence electrons. The fourth-order valence-electron chi connectivity index (χ4n) is 1.26. The van der Waals surface area contributed by atoms with Crippen LogP contribution in [0.3, 0.4) is 0 Å². The molecular weight excluding hydrogens is 210 g/mol. The van der Waals surface area contributed by atoms with E-state index < -0.39 is 0 Å². The van der Waals surface area contributed by atoms with E-state index in [1.165, 1.54) is 11.3 Å². The van der Waals surface area contributed by atoms with Gasteiger partial charge < -0.3 is 10.5 Å². The molecule has 2 heterocycles. The third-order valence-corrected chi connectivity index (χ3v) is 2.70. The van der Waals surface area contributed by atoms with Crippen LogP contribution >= 0.6 is 11.3 Å². The van der Waals surface area contributed by atoms with E-state index >= 15 is 0 Å². The van der Waals surface area contributed by atoms with Crippen LogP contribution in [0.25, 0.3) is 0 Å². The molecule has 0 saturated carbocycles. The Morgan fingerprint density at radius 2 is 2.33 bits per heavy atom. The highest BCUT2D eigenvalue weighted by Crippen LogP contribution is 2.21. The number of aromatic nitrogens is 2. The average molecular weight is 221 g/mol. The van der Waals surface area contributed by atoms with E-state index in [9.17, 15) is 0 Å². The standard InChI is InChI=1S/C10H11N3OS/c1-14-8-2-7(3-12-4-8)10(11)9-5-15-6-13-9/h2-6,10H,11H2,1H3. The van der Waals surface area contributed by atoms with Gasteiger partial charge >= 0.3 is 0 Å². The van der Waals surface area contributed by atoms with Crippen molar-refractivity contribution >= 4 is 11.3 Å². The van der Waals surface area contributed by atoms with Crippen molar-refractivity contribution in [2.45, 2.75) is 6.04 Å². The molecule has 2 rings (SSSR count). The summed E-state index contributed by atoms with van der Waals surface area (Å²) in [5.74, 6) is 0.707. The first kappa shape index (κ1) is 10.1. The van der Waals surface area contributed by atoms with Crippen molar-refractivity contribution in [3.05, 3.63) is 40.6 Å². The summed E-state index contributed by atoms with van der Waals surface area (Å²) in [4.78, 5) is 8.23. The maximum atomic E-state index is 6.03. The zero-order valence-corrected chi connectivity index (χ0v) is 9.07. The zero-order valence-electron chi connectivity index (χ0n) is 8.25. The number of hydrogen-bond donors (Lipinski definition) is 1.